The van der Waals surface area contributed by atoms with Crippen molar-refractivity contribution in [3.05, 3.63) is 70.8 Å². The van der Waals surface area contributed by atoms with Crippen molar-refractivity contribution in [3.8, 4) is 0 Å². The summed E-state index contributed by atoms with van der Waals surface area (Å²) in [6.07, 6.45) is 0. The number of hydrogen-bond acceptors (Lipinski definition) is 4. The topological polar surface area (TPSA) is 52.6 Å². The summed E-state index contributed by atoms with van der Waals surface area (Å²) < 4.78 is 11.9. The van der Waals surface area contributed by atoms with Crippen molar-refractivity contribution in [2.24, 2.45) is 10.8 Å². The molecular weight excluding hydrogens is 376 g/mol. The van der Waals surface area contributed by atoms with Gasteiger partial charge in [0.25, 0.3) is 0 Å². The maximum atomic E-state index is 12.9. The lowest BCUT2D eigenvalue weighted by Crippen LogP contribution is -2.25. The molecular formula is C26H32O4. The second-order valence-electron chi connectivity index (χ2n) is 9.57. The first-order valence-electron chi connectivity index (χ1n) is 10.1. The van der Waals surface area contributed by atoms with Crippen molar-refractivity contribution < 1.29 is 19.1 Å². The molecule has 4 heteroatoms. The fraction of sp³-hybridized carbons (Fsp3) is 0.385. The van der Waals surface area contributed by atoms with E-state index in [0.29, 0.717) is 11.1 Å². The molecule has 0 aliphatic heterocycles. The van der Waals surface area contributed by atoms with Crippen LogP contribution in [0.15, 0.2) is 48.5 Å². The van der Waals surface area contributed by atoms with Crippen molar-refractivity contribution in [2.75, 3.05) is 0 Å². The van der Waals surface area contributed by atoms with Crippen LogP contribution in [0.1, 0.15) is 63.8 Å². The zero-order chi connectivity index (χ0) is 22.7. The first kappa shape index (κ1) is 23.4. The molecule has 0 fully saturated rings. The number of rotatable bonds is 4. The Morgan fingerprint density at radius 2 is 0.900 bits per heavy atom. The molecule has 0 spiro atoms. The molecule has 2 aromatic carbocycles. The van der Waals surface area contributed by atoms with Crippen molar-refractivity contribution in [2.45, 2.75) is 55.4 Å². The van der Waals surface area contributed by atoms with Crippen LogP contribution in [0.25, 0.3) is 11.5 Å². The van der Waals surface area contributed by atoms with Crippen LogP contribution in [0.4, 0.5) is 0 Å². The highest BCUT2D eigenvalue weighted by Gasteiger charge is 2.31. The summed E-state index contributed by atoms with van der Waals surface area (Å²) >= 11 is 0. The van der Waals surface area contributed by atoms with Gasteiger partial charge in [-0.2, -0.15) is 0 Å². The molecule has 0 amide bonds. The Balaban J connectivity index is 2.83. The smallest absolute Gasteiger partial charge is 0.316 e. The van der Waals surface area contributed by atoms with Crippen molar-refractivity contribution >= 4 is 23.5 Å². The third kappa shape index (κ3) is 5.59. The average molecular weight is 409 g/mol. The molecule has 0 aliphatic carbocycles. The average Bonchev–Trinajstić information content (AvgIpc) is 2.64. The Bertz CT molecular complexity index is 890. The summed E-state index contributed by atoms with van der Waals surface area (Å²) in [6.45, 7) is 14.6. The lowest BCUT2D eigenvalue weighted by molar-refractivity contribution is -0.147. The highest BCUT2D eigenvalue weighted by atomic mass is 16.6. The van der Waals surface area contributed by atoms with Gasteiger partial charge in [-0.1, -0.05) is 48.5 Å². The largest absolute Gasteiger partial charge is 0.421 e. The molecule has 0 bridgehead atoms. The molecule has 0 unspecified atom stereocenters. The van der Waals surface area contributed by atoms with Crippen LogP contribution in [0.2, 0.25) is 0 Å². The Kier molecular flexibility index (Phi) is 6.91. The van der Waals surface area contributed by atoms with Crippen LogP contribution in [0, 0.1) is 24.7 Å². The van der Waals surface area contributed by atoms with Crippen LogP contribution in [0.5, 0.6) is 0 Å². The van der Waals surface area contributed by atoms with Crippen molar-refractivity contribution in [1.29, 1.82) is 0 Å². The number of hydrogen-bond donors (Lipinski definition) is 0. The number of carbonyl (C=O) groups excluding carboxylic acids is 2. The molecule has 30 heavy (non-hydrogen) atoms. The fourth-order valence-electron chi connectivity index (χ4n) is 2.59. The van der Waals surface area contributed by atoms with Crippen molar-refractivity contribution in [3.63, 3.8) is 0 Å². The monoisotopic (exact) mass is 408 g/mol. The highest BCUT2D eigenvalue weighted by molar-refractivity contribution is 5.95. The van der Waals surface area contributed by atoms with Crippen LogP contribution < -0.4 is 0 Å². The molecule has 2 aromatic rings. The van der Waals surface area contributed by atoms with E-state index < -0.39 is 22.8 Å². The predicted octanol–water partition coefficient (Wildman–Crippen LogP) is 6.31. The van der Waals surface area contributed by atoms with Crippen LogP contribution >= 0.6 is 0 Å². The first-order valence-corrected chi connectivity index (χ1v) is 10.1. The minimum absolute atomic E-state index is 0.250. The van der Waals surface area contributed by atoms with Gasteiger partial charge < -0.3 is 9.47 Å². The van der Waals surface area contributed by atoms with E-state index in [1.54, 1.807) is 41.5 Å². The van der Waals surface area contributed by atoms with Crippen LogP contribution in [-0.2, 0) is 19.1 Å². The van der Waals surface area contributed by atoms with Gasteiger partial charge in [-0.3, -0.25) is 9.59 Å². The summed E-state index contributed by atoms with van der Waals surface area (Å²) in [4.78, 5) is 25.7. The van der Waals surface area contributed by atoms with E-state index >= 15 is 0 Å². The third-order valence-corrected chi connectivity index (χ3v) is 4.60. The number of benzene rings is 2. The van der Waals surface area contributed by atoms with E-state index in [2.05, 4.69) is 0 Å². The molecule has 0 aliphatic rings. The zero-order valence-electron chi connectivity index (χ0n) is 19.3. The number of ether oxygens (including phenoxy) is 2. The fourth-order valence-corrected chi connectivity index (χ4v) is 2.59. The zero-order valence-corrected chi connectivity index (χ0v) is 19.3. The summed E-state index contributed by atoms with van der Waals surface area (Å²) in [7, 11) is 0. The maximum Gasteiger partial charge on any atom is 0.316 e. The van der Waals surface area contributed by atoms with Crippen molar-refractivity contribution in [1.82, 2.24) is 0 Å². The van der Waals surface area contributed by atoms with Gasteiger partial charge in [-0.25, -0.2) is 0 Å². The van der Waals surface area contributed by atoms with E-state index in [1.807, 2.05) is 62.4 Å². The van der Waals surface area contributed by atoms with E-state index in [1.165, 1.54) is 0 Å². The number of esters is 2. The lowest BCUT2D eigenvalue weighted by Gasteiger charge is -2.24. The number of aryl methyl sites for hydroxylation is 2. The van der Waals surface area contributed by atoms with Gasteiger partial charge in [-0.05, 0) is 66.5 Å². The summed E-state index contributed by atoms with van der Waals surface area (Å²) in [5.74, 6) is -0.308. The Labute approximate surface area is 179 Å². The Morgan fingerprint density at radius 3 is 1.17 bits per heavy atom. The van der Waals surface area contributed by atoms with Gasteiger partial charge in [0.2, 0.25) is 0 Å². The quantitative estimate of drug-likeness (QED) is 0.338. The van der Waals surface area contributed by atoms with E-state index in [-0.39, 0.29) is 11.5 Å². The summed E-state index contributed by atoms with van der Waals surface area (Å²) in [6, 6.07) is 15.2. The molecule has 4 nitrogen and oxygen atoms in total. The van der Waals surface area contributed by atoms with Gasteiger partial charge in [0.1, 0.15) is 0 Å². The molecule has 0 atom stereocenters. The normalized spacial score (nSPS) is 12.8. The molecule has 0 saturated heterocycles. The second kappa shape index (κ2) is 8.86. The standard InChI is InChI=1S/C26H32O4/c1-17-13-9-11-15-19(17)21(29-23(27)25(3,4)5)22(30-24(28)26(6,7)8)20-16-12-10-14-18(20)2/h9-16H,1-8H3/b22-21+. The molecule has 2 rings (SSSR count). The minimum Gasteiger partial charge on any atom is -0.421 e. The summed E-state index contributed by atoms with van der Waals surface area (Å²) in [5.41, 5.74) is 1.78. The Morgan fingerprint density at radius 1 is 0.600 bits per heavy atom. The summed E-state index contributed by atoms with van der Waals surface area (Å²) in [5, 5.41) is 0. The molecule has 0 aromatic heterocycles. The maximum absolute atomic E-state index is 12.9. The van der Waals surface area contributed by atoms with Gasteiger partial charge in [-0.15, -0.1) is 0 Å². The SMILES string of the molecule is Cc1ccccc1/C(OC(=O)C(C)(C)C)=C(\OC(=O)C(C)(C)C)c1ccccc1C. The minimum atomic E-state index is -0.723. The number of carbonyl (C=O) groups is 2. The van der Waals surface area contributed by atoms with Crippen LogP contribution in [-0.4, -0.2) is 11.9 Å². The van der Waals surface area contributed by atoms with E-state index in [4.69, 9.17) is 9.47 Å². The van der Waals surface area contributed by atoms with Gasteiger partial charge in [0.05, 0.1) is 10.8 Å². The second-order valence-corrected chi connectivity index (χ2v) is 9.57. The van der Waals surface area contributed by atoms with Gasteiger partial charge in [0.15, 0.2) is 11.5 Å². The molecule has 160 valence electrons. The van der Waals surface area contributed by atoms with E-state index in [9.17, 15) is 9.59 Å². The molecule has 0 heterocycles. The predicted molar refractivity (Wildman–Crippen MR) is 120 cm³/mol. The molecule has 0 saturated carbocycles. The van der Waals surface area contributed by atoms with Gasteiger partial charge >= 0.3 is 11.9 Å². The lowest BCUT2D eigenvalue weighted by atomic mass is 9.96. The van der Waals surface area contributed by atoms with Gasteiger partial charge in [0, 0.05) is 11.1 Å². The van der Waals surface area contributed by atoms with Crippen LogP contribution in [0.3, 0.4) is 0 Å². The highest BCUT2D eigenvalue weighted by Crippen LogP contribution is 2.35. The van der Waals surface area contributed by atoms with E-state index in [0.717, 1.165) is 11.1 Å². The Hall–Kier alpha value is -2.88. The molecule has 0 radical (unpaired) electrons. The molecule has 0 N–H and O–H groups in total. The first-order chi connectivity index (χ1) is 13.8. The third-order valence-electron chi connectivity index (χ3n) is 4.60.